The van der Waals surface area contributed by atoms with Crippen LogP contribution < -0.4 is 10.1 Å². The van der Waals surface area contributed by atoms with E-state index in [-0.39, 0.29) is 11.5 Å². The van der Waals surface area contributed by atoms with Crippen molar-refractivity contribution in [2.75, 3.05) is 6.54 Å². The number of rotatable bonds is 6. The van der Waals surface area contributed by atoms with Crippen molar-refractivity contribution in [1.82, 2.24) is 5.32 Å². The lowest BCUT2D eigenvalue weighted by Gasteiger charge is -2.24. The molecule has 2 rings (SSSR count). The topological polar surface area (TPSA) is 21.3 Å². The van der Waals surface area contributed by atoms with Gasteiger partial charge in [0.1, 0.15) is 11.9 Å². The van der Waals surface area contributed by atoms with Crippen molar-refractivity contribution in [3.63, 3.8) is 0 Å². The van der Waals surface area contributed by atoms with Crippen molar-refractivity contribution in [3.05, 3.63) is 29.8 Å². The first-order chi connectivity index (χ1) is 9.36. The Balaban J connectivity index is 1.95. The zero-order chi connectivity index (χ0) is 14.8. The number of ether oxygens (including phenoxy) is 1. The molecule has 1 fully saturated rings. The Morgan fingerprint density at radius 2 is 1.75 bits per heavy atom. The molecule has 1 aromatic carbocycles. The SMILES string of the molecule is CC(C)C(CNC1CC1)Oc1ccc(C(C)(C)C)cc1. The summed E-state index contributed by atoms with van der Waals surface area (Å²) in [4.78, 5) is 0. The van der Waals surface area contributed by atoms with Gasteiger partial charge in [-0.1, -0.05) is 46.8 Å². The molecule has 0 aliphatic heterocycles. The van der Waals surface area contributed by atoms with Gasteiger partial charge in [0, 0.05) is 12.6 Å². The Hall–Kier alpha value is -1.02. The van der Waals surface area contributed by atoms with E-state index in [1.807, 2.05) is 0 Å². The summed E-state index contributed by atoms with van der Waals surface area (Å²) < 4.78 is 6.16. The van der Waals surface area contributed by atoms with Crippen LogP contribution in [-0.2, 0) is 5.41 Å². The third-order valence-electron chi connectivity index (χ3n) is 3.94. The van der Waals surface area contributed by atoms with Crippen molar-refractivity contribution in [3.8, 4) is 5.75 Å². The summed E-state index contributed by atoms with van der Waals surface area (Å²) in [6.45, 7) is 12.1. The minimum Gasteiger partial charge on any atom is -0.489 e. The molecule has 0 amide bonds. The van der Waals surface area contributed by atoms with Gasteiger partial charge >= 0.3 is 0 Å². The highest BCUT2D eigenvalue weighted by molar-refractivity contribution is 5.31. The predicted octanol–water partition coefficient (Wildman–Crippen LogP) is 4.14. The summed E-state index contributed by atoms with van der Waals surface area (Å²) in [5, 5.41) is 3.57. The molecule has 1 saturated carbocycles. The smallest absolute Gasteiger partial charge is 0.119 e. The zero-order valence-corrected chi connectivity index (χ0v) is 13.6. The van der Waals surface area contributed by atoms with Crippen LogP contribution in [0.15, 0.2) is 24.3 Å². The van der Waals surface area contributed by atoms with Crippen LogP contribution in [0.3, 0.4) is 0 Å². The molecule has 0 bridgehead atoms. The highest BCUT2D eigenvalue weighted by atomic mass is 16.5. The summed E-state index contributed by atoms with van der Waals surface area (Å²) in [6.07, 6.45) is 2.90. The van der Waals surface area contributed by atoms with E-state index in [9.17, 15) is 0 Å². The third-order valence-corrected chi connectivity index (χ3v) is 3.94. The molecule has 1 aliphatic rings. The lowest BCUT2D eigenvalue weighted by atomic mass is 9.87. The van der Waals surface area contributed by atoms with E-state index in [1.54, 1.807) is 0 Å². The fraction of sp³-hybridized carbons (Fsp3) is 0.667. The lowest BCUT2D eigenvalue weighted by molar-refractivity contribution is 0.148. The first-order valence-corrected chi connectivity index (χ1v) is 7.87. The van der Waals surface area contributed by atoms with Crippen LogP contribution in [0.4, 0.5) is 0 Å². The molecule has 0 spiro atoms. The Morgan fingerprint density at radius 3 is 2.20 bits per heavy atom. The maximum absolute atomic E-state index is 6.16. The van der Waals surface area contributed by atoms with Gasteiger partial charge in [-0.2, -0.15) is 0 Å². The second-order valence-electron chi connectivity index (χ2n) is 7.36. The molecule has 0 aromatic heterocycles. The fourth-order valence-corrected chi connectivity index (χ4v) is 2.19. The van der Waals surface area contributed by atoms with Crippen LogP contribution in [-0.4, -0.2) is 18.7 Å². The normalized spacial score (nSPS) is 17.3. The first-order valence-electron chi connectivity index (χ1n) is 7.87. The summed E-state index contributed by atoms with van der Waals surface area (Å²) in [5.74, 6) is 1.50. The number of benzene rings is 1. The monoisotopic (exact) mass is 275 g/mol. The standard InChI is InChI=1S/C18H29NO/c1-13(2)17(12-19-15-8-9-15)20-16-10-6-14(7-11-16)18(3,4)5/h6-7,10-11,13,15,17,19H,8-9,12H2,1-5H3. The van der Waals surface area contributed by atoms with Crippen LogP contribution in [0.25, 0.3) is 0 Å². The molecule has 1 aliphatic carbocycles. The molecule has 1 aromatic rings. The van der Waals surface area contributed by atoms with Gasteiger partial charge in [-0.25, -0.2) is 0 Å². The lowest BCUT2D eigenvalue weighted by Crippen LogP contribution is -2.36. The highest BCUT2D eigenvalue weighted by Crippen LogP contribution is 2.25. The Morgan fingerprint density at radius 1 is 1.15 bits per heavy atom. The molecular weight excluding hydrogens is 246 g/mol. The van der Waals surface area contributed by atoms with Crippen LogP contribution in [0.2, 0.25) is 0 Å². The second-order valence-corrected chi connectivity index (χ2v) is 7.36. The molecule has 0 radical (unpaired) electrons. The first kappa shape index (κ1) is 15.4. The van der Waals surface area contributed by atoms with E-state index >= 15 is 0 Å². The minimum absolute atomic E-state index is 0.198. The molecule has 1 N–H and O–H groups in total. The van der Waals surface area contributed by atoms with Gasteiger partial charge in [-0.15, -0.1) is 0 Å². The third kappa shape index (κ3) is 4.52. The van der Waals surface area contributed by atoms with E-state index in [0.29, 0.717) is 5.92 Å². The van der Waals surface area contributed by atoms with E-state index in [2.05, 4.69) is 64.2 Å². The van der Waals surface area contributed by atoms with Crippen LogP contribution in [0.1, 0.15) is 53.0 Å². The van der Waals surface area contributed by atoms with Gasteiger partial charge in [0.05, 0.1) is 0 Å². The number of nitrogens with one attached hydrogen (secondary N) is 1. The van der Waals surface area contributed by atoms with Gasteiger partial charge in [0.15, 0.2) is 0 Å². The van der Waals surface area contributed by atoms with Crippen molar-refractivity contribution < 1.29 is 4.74 Å². The molecule has 0 saturated heterocycles. The van der Waals surface area contributed by atoms with E-state index in [4.69, 9.17) is 4.74 Å². The second kappa shape index (κ2) is 6.17. The fourth-order valence-electron chi connectivity index (χ4n) is 2.19. The van der Waals surface area contributed by atoms with Gasteiger partial charge in [-0.05, 0) is 41.9 Å². The Labute approximate surface area is 123 Å². The predicted molar refractivity (Wildman–Crippen MR) is 85.4 cm³/mol. The quantitative estimate of drug-likeness (QED) is 0.842. The summed E-state index contributed by atoms with van der Waals surface area (Å²) in [7, 11) is 0. The summed E-state index contributed by atoms with van der Waals surface area (Å²) >= 11 is 0. The zero-order valence-electron chi connectivity index (χ0n) is 13.6. The van der Waals surface area contributed by atoms with E-state index in [0.717, 1.165) is 18.3 Å². The number of hydrogen-bond acceptors (Lipinski definition) is 2. The van der Waals surface area contributed by atoms with Crippen molar-refractivity contribution in [1.29, 1.82) is 0 Å². The minimum atomic E-state index is 0.198. The van der Waals surface area contributed by atoms with Crippen molar-refractivity contribution in [2.45, 2.75) is 65.0 Å². The average molecular weight is 275 g/mol. The highest BCUT2D eigenvalue weighted by Gasteiger charge is 2.24. The van der Waals surface area contributed by atoms with E-state index in [1.165, 1.54) is 18.4 Å². The van der Waals surface area contributed by atoms with Crippen molar-refractivity contribution in [2.24, 2.45) is 5.92 Å². The van der Waals surface area contributed by atoms with Gasteiger partial charge in [0.2, 0.25) is 0 Å². The molecule has 1 atom stereocenters. The largest absolute Gasteiger partial charge is 0.489 e. The Bertz CT molecular complexity index is 412. The molecule has 20 heavy (non-hydrogen) atoms. The van der Waals surface area contributed by atoms with Gasteiger partial charge in [-0.3, -0.25) is 0 Å². The van der Waals surface area contributed by atoms with Crippen molar-refractivity contribution >= 4 is 0 Å². The van der Waals surface area contributed by atoms with Gasteiger partial charge < -0.3 is 10.1 Å². The molecule has 2 nitrogen and oxygen atoms in total. The van der Waals surface area contributed by atoms with E-state index < -0.39 is 0 Å². The molecule has 0 heterocycles. The van der Waals surface area contributed by atoms with Crippen LogP contribution in [0, 0.1) is 5.92 Å². The Kier molecular flexibility index (Phi) is 4.74. The van der Waals surface area contributed by atoms with Crippen LogP contribution in [0.5, 0.6) is 5.75 Å². The summed E-state index contributed by atoms with van der Waals surface area (Å²) in [6, 6.07) is 9.31. The maximum atomic E-state index is 6.16. The number of hydrogen-bond donors (Lipinski definition) is 1. The van der Waals surface area contributed by atoms with Gasteiger partial charge in [0.25, 0.3) is 0 Å². The molecule has 112 valence electrons. The maximum Gasteiger partial charge on any atom is 0.119 e. The average Bonchev–Trinajstić information content (AvgIpc) is 3.17. The van der Waals surface area contributed by atoms with Crippen LogP contribution >= 0.6 is 0 Å². The molecular formula is C18H29NO. The molecule has 2 heteroatoms. The summed E-state index contributed by atoms with van der Waals surface area (Å²) in [5.41, 5.74) is 1.55. The molecule has 1 unspecified atom stereocenters.